The smallest absolute Gasteiger partial charge is 0.263 e. The Morgan fingerprint density at radius 2 is 2.18 bits per heavy atom. The van der Waals surface area contributed by atoms with Crippen molar-refractivity contribution in [3.8, 4) is 0 Å². The van der Waals surface area contributed by atoms with Crippen molar-refractivity contribution in [2.24, 2.45) is 0 Å². The van der Waals surface area contributed by atoms with Gasteiger partial charge in [0.05, 0.1) is 5.02 Å². The Labute approximate surface area is 67.3 Å². The minimum Gasteiger partial charge on any atom is -0.263 e. The summed E-state index contributed by atoms with van der Waals surface area (Å²) in [5.74, 6) is 0. The second kappa shape index (κ2) is 3.44. The number of aromatic nitrogens is 1. The third kappa shape index (κ3) is 2.63. The second-order valence-corrected chi connectivity index (χ2v) is 2.31. The van der Waals surface area contributed by atoms with Gasteiger partial charge in [0.1, 0.15) is 0 Å². The topological polar surface area (TPSA) is 12.9 Å². The van der Waals surface area contributed by atoms with Crippen molar-refractivity contribution in [1.82, 2.24) is 4.98 Å². The van der Waals surface area contributed by atoms with Crippen LogP contribution in [0.5, 0.6) is 0 Å². The molecule has 0 unspecified atom stereocenters. The molecule has 0 saturated carbocycles. The highest BCUT2D eigenvalue weighted by molar-refractivity contribution is 6.30. The Morgan fingerprint density at radius 1 is 1.45 bits per heavy atom. The maximum atomic E-state index is 11.6. The van der Waals surface area contributed by atoms with Crippen molar-refractivity contribution in [3.05, 3.63) is 35.1 Å². The summed E-state index contributed by atoms with van der Waals surface area (Å²) in [4.78, 5) is 3.63. The van der Waals surface area contributed by atoms with Crippen molar-refractivity contribution in [1.29, 1.82) is 0 Å². The quantitative estimate of drug-likeness (QED) is 0.640. The lowest BCUT2D eigenvalue weighted by atomic mass is 10.3. The first-order valence-electron chi connectivity index (χ1n) is 2.82. The lowest BCUT2D eigenvalue weighted by Gasteiger charge is -1.90. The molecular formula is C7H4ClF2N. The molecule has 58 valence electrons. The van der Waals surface area contributed by atoms with Gasteiger partial charge >= 0.3 is 0 Å². The van der Waals surface area contributed by atoms with E-state index in [9.17, 15) is 8.78 Å². The van der Waals surface area contributed by atoms with E-state index in [1.807, 2.05) is 0 Å². The molecule has 0 aliphatic carbocycles. The summed E-state index contributed by atoms with van der Waals surface area (Å²) in [5, 5.41) is 0.347. The zero-order valence-electron chi connectivity index (χ0n) is 5.39. The first kappa shape index (κ1) is 8.14. The Kier molecular flexibility index (Phi) is 2.54. The molecule has 1 rings (SSSR count). The van der Waals surface area contributed by atoms with Crippen molar-refractivity contribution in [2.45, 2.75) is 0 Å². The standard InChI is InChI=1S/C7H4ClF2N/c8-6-1-5(2-7(9)10)3-11-4-6/h1-4H. The molecular weight excluding hydrogens is 172 g/mol. The Hall–Kier alpha value is -0.960. The maximum Gasteiger partial charge on any atom is 0.270 e. The molecule has 0 saturated heterocycles. The second-order valence-electron chi connectivity index (χ2n) is 1.87. The number of halogens is 3. The summed E-state index contributed by atoms with van der Waals surface area (Å²) in [6.07, 6.45) is 1.65. The molecule has 1 heterocycles. The van der Waals surface area contributed by atoms with Gasteiger partial charge in [-0.15, -0.1) is 0 Å². The van der Waals surface area contributed by atoms with Crippen molar-refractivity contribution >= 4 is 17.7 Å². The molecule has 0 aliphatic rings. The molecule has 0 fully saturated rings. The lowest BCUT2D eigenvalue weighted by Crippen LogP contribution is -1.75. The maximum absolute atomic E-state index is 11.6. The highest BCUT2D eigenvalue weighted by Crippen LogP contribution is 2.12. The summed E-state index contributed by atoms with van der Waals surface area (Å²) in [6, 6.07) is 1.41. The fourth-order valence-corrected chi connectivity index (χ4v) is 0.816. The molecule has 11 heavy (non-hydrogen) atoms. The van der Waals surface area contributed by atoms with E-state index in [1.54, 1.807) is 0 Å². The van der Waals surface area contributed by atoms with Gasteiger partial charge in [-0.1, -0.05) is 11.6 Å². The lowest BCUT2D eigenvalue weighted by molar-refractivity contribution is 0.429. The van der Waals surface area contributed by atoms with Crippen LogP contribution >= 0.6 is 11.6 Å². The van der Waals surface area contributed by atoms with Crippen LogP contribution in [0, 0.1) is 0 Å². The predicted octanol–water partition coefficient (Wildman–Crippen LogP) is 2.97. The van der Waals surface area contributed by atoms with Crippen LogP contribution in [0.25, 0.3) is 6.08 Å². The van der Waals surface area contributed by atoms with Crippen molar-refractivity contribution in [3.63, 3.8) is 0 Å². The van der Waals surface area contributed by atoms with Gasteiger partial charge in [-0.25, -0.2) is 0 Å². The number of hydrogen-bond acceptors (Lipinski definition) is 1. The molecule has 0 bridgehead atoms. The molecule has 0 radical (unpaired) electrons. The average Bonchev–Trinajstić information content (AvgIpc) is 1.85. The number of rotatable bonds is 1. The van der Waals surface area contributed by atoms with E-state index >= 15 is 0 Å². The molecule has 1 aromatic rings. The molecule has 0 amide bonds. The van der Waals surface area contributed by atoms with Gasteiger partial charge in [0.2, 0.25) is 0 Å². The SMILES string of the molecule is FC(F)=Cc1cncc(Cl)c1. The van der Waals surface area contributed by atoms with Crippen LogP contribution in [-0.4, -0.2) is 4.98 Å². The molecule has 0 N–H and O–H groups in total. The highest BCUT2D eigenvalue weighted by Gasteiger charge is 1.93. The molecule has 1 nitrogen and oxygen atoms in total. The number of hydrogen-bond donors (Lipinski definition) is 0. The Morgan fingerprint density at radius 3 is 2.73 bits per heavy atom. The zero-order chi connectivity index (χ0) is 8.27. The van der Waals surface area contributed by atoms with Gasteiger partial charge < -0.3 is 0 Å². The molecule has 1 aromatic heterocycles. The van der Waals surface area contributed by atoms with E-state index in [1.165, 1.54) is 18.5 Å². The van der Waals surface area contributed by atoms with Crippen LogP contribution in [0.1, 0.15) is 5.56 Å². The summed E-state index contributed by atoms with van der Waals surface area (Å²) in [6.45, 7) is 0. The van der Waals surface area contributed by atoms with E-state index < -0.39 is 6.08 Å². The fraction of sp³-hybridized carbons (Fsp3) is 0. The van der Waals surface area contributed by atoms with E-state index in [0.717, 1.165) is 0 Å². The predicted molar refractivity (Wildman–Crippen MR) is 39.4 cm³/mol. The van der Waals surface area contributed by atoms with Gasteiger partial charge in [0.25, 0.3) is 6.08 Å². The van der Waals surface area contributed by atoms with Gasteiger partial charge in [0.15, 0.2) is 0 Å². The summed E-state index contributed by atoms with van der Waals surface area (Å²) >= 11 is 5.49. The Bertz CT molecular complexity index is 282. The third-order valence-corrected chi connectivity index (χ3v) is 1.21. The van der Waals surface area contributed by atoms with E-state index in [-0.39, 0.29) is 0 Å². The summed E-state index contributed by atoms with van der Waals surface area (Å²) in [7, 11) is 0. The summed E-state index contributed by atoms with van der Waals surface area (Å²) < 4.78 is 23.3. The zero-order valence-corrected chi connectivity index (χ0v) is 6.15. The van der Waals surface area contributed by atoms with E-state index in [2.05, 4.69) is 4.98 Å². The first-order chi connectivity index (χ1) is 5.18. The van der Waals surface area contributed by atoms with Gasteiger partial charge in [-0.05, 0) is 11.6 Å². The Balaban J connectivity index is 2.97. The molecule has 0 atom stereocenters. The number of pyridine rings is 1. The van der Waals surface area contributed by atoms with Crippen molar-refractivity contribution < 1.29 is 8.78 Å². The van der Waals surface area contributed by atoms with Crippen LogP contribution in [-0.2, 0) is 0 Å². The first-order valence-corrected chi connectivity index (χ1v) is 3.19. The molecule has 0 spiro atoms. The van der Waals surface area contributed by atoms with E-state index in [4.69, 9.17) is 11.6 Å². The largest absolute Gasteiger partial charge is 0.270 e. The number of nitrogens with zero attached hydrogens (tertiary/aromatic N) is 1. The van der Waals surface area contributed by atoms with Crippen LogP contribution in [0.3, 0.4) is 0 Å². The molecule has 0 aliphatic heterocycles. The molecule has 0 aromatic carbocycles. The minimum atomic E-state index is -1.76. The average molecular weight is 176 g/mol. The van der Waals surface area contributed by atoms with Crippen LogP contribution in [0.4, 0.5) is 8.78 Å². The van der Waals surface area contributed by atoms with Gasteiger partial charge in [-0.2, -0.15) is 8.78 Å². The van der Waals surface area contributed by atoms with Gasteiger partial charge in [-0.3, -0.25) is 4.98 Å². The van der Waals surface area contributed by atoms with Crippen LogP contribution in [0.15, 0.2) is 24.5 Å². The van der Waals surface area contributed by atoms with Gasteiger partial charge in [0, 0.05) is 18.5 Å². The van der Waals surface area contributed by atoms with E-state index in [0.29, 0.717) is 16.7 Å². The monoisotopic (exact) mass is 175 g/mol. The fourth-order valence-electron chi connectivity index (χ4n) is 0.633. The van der Waals surface area contributed by atoms with Crippen molar-refractivity contribution in [2.75, 3.05) is 0 Å². The highest BCUT2D eigenvalue weighted by atomic mass is 35.5. The summed E-state index contributed by atoms with van der Waals surface area (Å²) in [5.41, 5.74) is 0.303. The van der Waals surface area contributed by atoms with Crippen LogP contribution in [0.2, 0.25) is 5.02 Å². The van der Waals surface area contributed by atoms with Crippen LogP contribution < -0.4 is 0 Å². The normalized spacial score (nSPS) is 9.36. The third-order valence-electron chi connectivity index (χ3n) is 1.00. The molecule has 4 heteroatoms. The minimum absolute atomic E-state index is 0.303.